The van der Waals surface area contributed by atoms with Gasteiger partial charge in [0.15, 0.2) is 0 Å². The number of hydrogen-bond donors (Lipinski definition) is 1. The summed E-state index contributed by atoms with van der Waals surface area (Å²) in [6, 6.07) is 5.50. The molecule has 0 unspecified atom stereocenters. The lowest BCUT2D eigenvalue weighted by Gasteiger charge is -2.25. The molecule has 25 heavy (non-hydrogen) atoms. The van der Waals surface area contributed by atoms with E-state index in [0.717, 1.165) is 29.8 Å². The molecular weight excluding hydrogens is 320 g/mol. The molecular formula is C18H22N4O3. The maximum Gasteiger partial charge on any atom is 0.303 e. The number of amides is 1. The molecule has 0 aromatic carbocycles. The Morgan fingerprint density at radius 3 is 2.84 bits per heavy atom. The summed E-state index contributed by atoms with van der Waals surface area (Å²) in [6.07, 6.45) is 3.96. The number of carboxylic acids is 1. The summed E-state index contributed by atoms with van der Waals surface area (Å²) in [4.78, 5) is 30.1. The Balaban J connectivity index is 1.86. The van der Waals surface area contributed by atoms with Crippen LogP contribution in [0.1, 0.15) is 52.7 Å². The number of aliphatic carboxylic acids is 1. The van der Waals surface area contributed by atoms with Gasteiger partial charge in [-0.3, -0.25) is 19.3 Å². The largest absolute Gasteiger partial charge is 0.481 e. The van der Waals surface area contributed by atoms with E-state index >= 15 is 0 Å². The van der Waals surface area contributed by atoms with E-state index in [2.05, 4.69) is 10.1 Å². The highest BCUT2D eigenvalue weighted by Crippen LogP contribution is 2.32. The van der Waals surface area contributed by atoms with Crippen LogP contribution in [0.15, 0.2) is 24.4 Å². The summed E-state index contributed by atoms with van der Waals surface area (Å²) in [5.41, 5.74) is 3.20. The summed E-state index contributed by atoms with van der Waals surface area (Å²) in [6.45, 7) is 2.59. The Labute approximate surface area is 146 Å². The Bertz CT molecular complexity index is 799. The van der Waals surface area contributed by atoms with Crippen molar-refractivity contribution in [1.82, 2.24) is 19.7 Å². The van der Waals surface area contributed by atoms with E-state index in [0.29, 0.717) is 18.7 Å². The average molecular weight is 342 g/mol. The van der Waals surface area contributed by atoms with E-state index in [1.807, 2.05) is 24.0 Å². The van der Waals surface area contributed by atoms with Crippen LogP contribution >= 0.6 is 0 Å². The zero-order chi connectivity index (χ0) is 18.0. The number of nitrogens with zero attached hydrogens (tertiary/aromatic N) is 4. The van der Waals surface area contributed by atoms with Crippen LogP contribution in [0.3, 0.4) is 0 Å². The molecule has 0 bridgehead atoms. The molecule has 7 nitrogen and oxygen atoms in total. The number of rotatable bonds is 5. The zero-order valence-corrected chi connectivity index (χ0v) is 14.5. The van der Waals surface area contributed by atoms with E-state index in [4.69, 9.17) is 5.11 Å². The molecule has 0 saturated carbocycles. The Morgan fingerprint density at radius 2 is 2.16 bits per heavy atom. The molecule has 132 valence electrons. The number of hydrogen-bond acceptors (Lipinski definition) is 4. The molecule has 0 spiro atoms. The molecule has 1 aliphatic heterocycles. The molecule has 1 aliphatic rings. The van der Waals surface area contributed by atoms with Gasteiger partial charge in [0.25, 0.3) is 5.91 Å². The lowest BCUT2D eigenvalue weighted by atomic mass is 10.0. The van der Waals surface area contributed by atoms with E-state index < -0.39 is 5.97 Å². The van der Waals surface area contributed by atoms with Crippen molar-refractivity contribution in [3.8, 4) is 0 Å². The first-order valence-corrected chi connectivity index (χ1v) is 8.44. The van der Waals surface area contributed by atoms with Gasteiger partial charge in [0, 0.05) is 31.9 Å². The highest BCUT2D eigenvalue weighted by atomic mass is 16.4. The van der Waals surface area contributed by atoms with Crippen molar-refractivity contribution in [3.05, 3.63) is 47.0 Å². The van der Waals surface area contributed by atoms with E-state index in [9.17, 15) is 9.59 Å². The van der Waals surface area contributed by atoms with Crippen LogP contribution in [0.5, 0.6) is 0 Å². The molecule has 0 radical (unpaired) electrons. The van der Waals surface area contributed by atoms with Gasteiger partial charge < -0.3 is 10.0 Å². The standard InChI is InChI=1S/C18H22N4O3/c1-12-10-13(5-6-17(23)24)11-14(20-12)15-4-3-9-22(15)18(25)16-7-8-19-21(16)2/h7-8,10-11,15H,3-6,9H2,1-2H3,(H,23,24)/t15-/m1/s1. The number of carbonyl (C=O) groups is 2. The first-order chi connectivity index (χ1) is 12.0. The van der Waals surface area contributed by atoms with E-state index in [-0.39, 0.29) is 18.4 Å². The van der Waals surface area contributed by atoms with Crippen LogP contribution in [0.25, 0.3) is 0 Å². The molecule has 1 amide bonds. The van der Waals surface area contributed by atoms with Gasteiger partial charge in [0.2, 0.25) is 0 Å². The average Bonchev–Trinajstić information content (AvgIpc) is 3.20. The Morgan fingerprint density at radius 1 is 1.36 bits per heavy atom. The van der Waals surface area contributed by atoms with Crippen molar-refractivity contribution in [1.29, 1.82) is 0 Å². The predicted molar refractivity (Wildman–Crippen MR) is 91.2 cm³/mol. The van der Waals surface area contributed by atoms with Crippen LogP contribution in [0.2, 0.25) is 0 Å². The predicted octanol–water partition coefficient (Wildman–Crippen LogP) is 2.12. The van der Waals surface area contributed by atoms with Crippen LogP contribution in [-0.2, 0) is 18.3 Å². The van der Waals surface area contributed by atoms with Gasteiger partial charge in [0.05, 0.1) is 11.7 Å². The zero-order valence-electron chi connectivity index (χ0n) is 14.5. The highest BCUT2D eigenvalue weighted by molar-refractivity contribution is 5.93. The second-order valence-electron chi connectivity index (χ2n) is 6.43. The van der Waals surface area contributed by atoms with Crippen LogP contribution in [0, 0.1) is 6.92 Å². The molecule has 2 aromatic rings. The topological polar surface area (TPSA) is 88.3 Å². The number of aromatic nitrogens is 3. The van der Waals surface area contributed by atoms with E-state index in [1.54, 1.807) is 24.0 Å². The molecule has 3 heterocycles. The van der Waals surface area contributed by atoms with Crippen molar-refractivity contribution >= 4 is 11.9 Å². The molecule has 7 heteroatoms. The van der Waals surface area contributed by atoms with Crippen LogP contribution in [0.4, 0.5) is 0 Å². The third kappa shape index (κ3) is 3.70. The summed E-state index contributed by atoms with van der Waals surface area (Å²) < 4.78 is 1.58. The van der Waals surface area contributed by atoms with Crippen molar-refractivity contribution in [2.24, 2.45) is 7.05 Å². The maximum absolute atomic E-state index is 12.9. The van der Waals surface area contributed by atoms with Gasteiger partial charge in [0.1, 0.15) is 5.69 Å². The fraction of sp³-hybridized carbons (Fsp3) is 0.444. The third-order valence-electron chi connectivity index (χ3n) is 4.56. The fourth-order valence-electron chi connectivity index (χ4n) is 3.38. The first-order valence-electron chi connectivity index (χ1n) is 8.44. The number of likely N-dealkylation sites (tertiary alicyclic amines) is 1. The van der Waals surface area contributed by atoms with Gasteiger partial charge in [-0.25, -0.2) is 0 Å². The van der Waals surface area contributed by atoms with Gasteiger partial charge >= 0.3 is 5.97 Å². The molecule has 0 aliphatic carbocycles. The second-order valence-corrected chi connectivity index (χ2v) is 6.43. The Kier molecular flexibility index (Phi) is 4.83. The van der Waals surface area contributed by atoms with Crippen molar-refractivity contribution in [2.45, 2.75) is 38.6 Å². The van der Waals surface area contributed by atoms with Gasteiger partial charge in [-0.1, -0.05) is 0 Å². The minimum atomic E-state index is -0.815. The maximum atomic E-state index is 12.9. The van der Waals surface area contributed by atoms with Gasteiger partial charge in [-0.15, -0.1) is 0 Å². The quantitative estimate of drug-likeness (QED) is 0.899. The first kappa shape index (κ1) is 17.1. The highest BCUT2D eigenvalue weighted by Gasteiger charge is 2.32. The molecule has 1 atom stereocenters. The monoisotopic (exact) mass is 342 g/mol. The smallest absolute Gasteiger partial charge is 0.303 e. The molecule has 1 fully saturated rings. The SMILES string of the molecule is Cc1cc(CCC(=O)O)cc([C@H]2CCCN2C(=O)c2ccnn2C)n1. The lowest BCUT2D eigenvalue weighted by Crippen LogP contribution is -2.32. The van der Waals surface area contributed by atoms with Gasteiger partial charge in [-0.2, -0.15) is 5.10 Å². The summed E-state index contributed by atoms with van der Waals surface area (Å²) >= 11 is 0. The Hall–Kier alpha value is -2.70. The number of carbonyl (C=O) groups excluding carboxylic acids is 1. The van der Waals surface area contributed by atoms with Gasteiger partial charge in [-0.05, 0) is 49.9 Å². The summed E-state index contributed by atoms with van der Waals surface area (Å²) in [7, 11) is 1.76. The van der Waals surface area contributed by atoms with Crippen molar-refractivity contribution < 1.29 is 14.7 Å². The minimum Gasteiger partial charge on any atom is -0.481 e. The van der Waals surface area contributed by atoms with Crippen molar-refractivity contribution in [3.63, 3.8) is 0 Å². The van der Waals surface area contributed by atoms with E-state index in [1.165, 1.54) is 0 Å². The minimum absolute atomic E-state index is 0.0436. The number of pyridine rings is 1. The van der Waals surface area contributed by atoms with Crippen LogP contribution < -0.4 is 0 Å². The summed E-state index contributed by atoms with van der Waals surface area (Å²) in [5.74, 6) is -0.859. The van der Waals surface area contributed by atoms with Crippen LogP contribution in [-0.4, -0.2) is 43.2 Å². The molecule has 1 N–H and O–H groups in total. The normalized spacial score (nSPS) is 17.0. The lowest BCUT2D eigenvalue weighted by molar-refractivity contribution is -0.136. The number of aryl methyl sites for hydroxylation is 3. The molecule has 3 rings (SSSR count). The second kappa shape index (κ2) is 7.04. The molecule has 1 saturated heterocycles. The molecule has 2 aromatic heterocycles. The summed E-state index contributed by atoms with van der Waals surface area (Å²) in [5, 5.41) is 13.0. The number of carboxylic acid groups (broad SMARTS) is 1. The third-order valence-corrected chi connectivity index (χ3v) is 4.56. The van der Waals surface area contributed by atoms with Crippen molar-refractivity contribution in [2.75, 3.05) is 6.54 Å². The fourth-order valence-corrected chi connectivity index (χ4v) is 3.38.